The molecule has 2 unspecified atom stereocenters. The monoisotopic (exact) mass is 358 g/mol. The number of amides is 2. The van der Waals surface area contributed by atoms with Crippen molar-refractivity contribution in [2.24, 2.45) is 5.92 Å². The van der Waals surface area contributed by atoms with Crippen molar-refractivity contribution in [3.8, 4) is 0 Å². The van der Waals surface area contributed by atoms with Crippen LogP contribution in [-0.2, 0) is 17.8 Å². The van der Waals surface area contributed by atoms with E-state index in [1.807, 2.05) is 6.07 Å². The summed E-state index contributed by atoms with van der Waals surface area (Å²) in [5.74, 6) is 0.356. The summed E-state index contributed by atoms with van der Waals surface area (Å²) in [6.45, 7) is 4.52. The van der Waals surface area contributed by atoms with Crippen LogP contribution in [0, 0.1) is 5.92 Å². The van der Waals surface area contributed by atoms with Crippen LogP contribution >= 0.6 is 0 Å². The van der Waals surface area contributed by atoms with Crippen molar-refractivity contribution in [1.29, 1.82) is 0 Å². The first-order chi connectivity index (χ1) is 12.5. The summed E-state index contributed by atoms with van der Waals surface area (Å²) < 4.78 is 0. The number of fused-ring (bicyclic) bond motifs is 3. The number of hydrogen-bond donors (Lipinski definition) is 2. The number of carbonyl (C=O) groups excluding carboxylic acids is 2. The van der Waals surface area contributed by atoms with Crippen molar-refractivity contribution in [2.75, 3.05) is 13.1 Å². The Morgan fingerprint density at radius 1 is 1.31 bits per heavy atom. The molecule has 4 heterocycles. The number of carbonyl (C=O) groups is 2. The number of hydroxylamine groups is 1. The molecule has 3 aliphatic heterocycles. The highest BCUT2D eigenvalue weighted by Gasteiger charge is 2.42. The van der Waals surface area contributed by atoms with Gasteiger partial charge >= 0.3 is 0 Å². The van der Waals surface area contributed by atoms with E-state index in [0.717, 1.165) is 63.0 Å². The molecule has 2 fully saturated rings. The van der Waals surface area contributed by atoms with Crippen molar-refractivity contribution in [1.82, 2.24) is 20.3 Å². The van der Waals surface area contributed by atoms with Crippen molar-refractivity contribution in [3.05, 3.63) is 29.1 Å². The van der Waals surface area contributed by atoms with E-state index in [1.165, 1.54) is 6.20 Å². The second kappa shape index (κ2) is 6.96. The fourth-order valence-corrected chi connectivity index (χ4v) is 5.13. The summed E-state index contributed by atoms with van der Waals surface area (Å²) in [7, 11) is 0. The highest BCUT2D eigenvalue weighted by molar-refractivity contribution is 5.93. The quantitative estimate of drug-likeness (QED) is 0.629. The third-order valence-electron chi connectivity index (χ3n) is 6.21. The molecule has 0 spiro atoms. The molecule has 0 saturated carbocycles. The van der Waals surface area contributed by atoms with Gasteiger partial charge in [0.25, 0.3) is 5.91 Å². The van der Waals surface area contributed by atoms with Crippen LogP contribution in [0.1, 0.15) is 54.2 Å². The Labute approximate surface area is 153 Å². The maximum absolute atomic E-state index is 11.9. The lowest BCUT2D eigenvalue weighted by Gasteiger charge is -2.40. The van der Waals surface area contributed by atoms with Gasteiger partial charge in [-0.1, -0.05) is 0 Å². The van der Waals surface area contributed by atoms with E-state index in [-0.39, 0.29) is 5.91 Å². The third kappa shape index (κ3) is 3.21. The van der Waals surface area contributed by atoms with E-state index in [0.29, 0.717) is 23.6 Å². The molecule has 0 radical (unpaired) electrons. The van der Waals surface area contributed by atoms with Crippen LogP contribution in [-0.4, -0.2) is 57.0 Å². The molecule has 26 heavy (non-hydrogen) atoms. The van der Waals surface area contributed by atoms with Crippen LogP contribution < -0.4 is 5.48 Å². The molecule has 2 bridgehead atoms. The van der Waals surface area contributed by atoms with Crippen molar-refractivity contribution in [2.45, 2.75) is 57.7 Å². The zero-order valence-corrected chi connectivity index (χ0v) is 15.1. The molecule has 2 atom stereocenters. The Morgan fingerprint density at radius 3 is 2.69 bits per heavy atom. The van der Waals surface area contributed by atoms with E-state index in [1.54, 1.807) is 12.4 Å². The number of rotatable bonds is 3. The number of aromatic nitrogens is 1. The highest BCUT2D eigenvalue weighted by Crippen LogP contribution is 2.39. The number of nitrogens with one attached hydrogen (secondary N) is 1. The predicted molar refractivity (Wildman–Crippen MR) is 94.5 cm³/mol. The molecule has 1 aromatic heterocycles. The van der Waals surface area contributed by atoms with Gasteiger partial charge in [-0.3, -0.25) is 24.7 Å². The maximum Gasteiger partial charge on any atom is 0.276 e. The van der Waals surface area contributed by atoms with Crippen LogP contribution in [0.4, 0.5) is 0 Å². The molecule has 2 saturated heterocycles. The van der Waals surface area contributed by atoms with Crippen LogP contribution in [0.15, 0.2) is 12.3 Å². The molecular formula is C19H26N4O3. The lowest BCUT2D eigenvalue weighted by atomic mass is 9.89. The zero-order chi connectivity index (χ0) is 18.3. The fourth-order valence-electron chi connectivity index (χ4n) is 5.13. The van der Waals surface area contributed by atoms with Gasteiger partial charge in [0.2, 0.25) is 5.91 Å². The summed E-state index contributed by atoms with van der Waals surface area (Å²) >= 11 is 0. The van der Waals surface area contributed by atoms with Gasteiger partial charge in [0, 0.05) is 44.8 Å². The Morgan fingerprint density at radius 2 is 2.04 bits per heavy atom. The van der Waals surface area contributed by atoms with Crippen molar-refractivity contribution in [3.63, 3.8) is 0 Å². The SMILES string of the molecule is CC(=O)N1C2CCC1CC(CN1CCc3cc(C(=O)NO)cnc3C1)C2. The lowest BCUT2D eigenvalue weighted by Crippen LogP contribution is -2.48. The van der Waals surface area contributed by atoms with Gasteiger partial charge in [-0.05, 0) is 49.7 Å². The smallest absolute Gasteiger partial charge is 0.276 e. The van der Waals surface area contributed by atoms with E-state index in [4.69, 9.17) is 5.21 Å². The van der Waals surface area contributed by atoms with Crippen LogP contribution in [0.2, 0.25) is 0 Å². The summed E-state index contributed by atoms with van der Waals surface area (Å²) in [5, 5.41) is 8.76. The Kier molecular flexibility index (Phi) is 4.67. The molecule has 4 rings (SSSR count). The average molecular weight is 358 g/mol. The van der Waals surface area contributed by atoms with Crippen molar-refractivity contribution >= 4 is 11.8 Å². The van der Waals surface area contributed by atoms with Crippen LogP contribution in [0.3, 0.4) is 0 Å². The van der Waals surface area contributed by atoms with E-state index in [9.17, 15) is 9.59 Å². The van der Waals surface area contributed by atoms with E-state index >= 15 is 0 Å². The first kappa shape index (κ1) is 17.4. The minimum atomic E-state index is -0.518. The van der Waals surface area contributed by atoms with Gasteiger partial charge in [0.05, 0.1) is 11.3 Å². The topological polar surface area (TPSA) is 85.8 Å². The van der Waals surface area contributed by atoms with Crippen LogP contribution in [0.5, 0.6) is 0 Å². The van der Waals surface area contributed by atoms with E-state index < -0.39 is 5.91 Å². The average Bonchev–Trinajstić information content (AvgIpc) is 2.92. The molecule has 1 aromatic rings. The molecule has 0 aliphatic carbocycles. The largest absolute Gasteiger partial charge is 0.337 e. The molecule has 0 aromatic carbocycles. The van der Waals surface area contributed by atoms with Gasteiger partial charge in [-0.2, -0.15) is 0 Å². The fraction of sp³-hybridized carbons (Fsp3) is 0.632. The summed E-state index contributed by atoms with van der Waals surface area (Å²) in [4.78, 5) is 32.4. The highest BCUT2D eigenvalue weighted by atomic mass is 16.5. The predicted octanol–water partition coefficient (Wildman–Crippen LogP) is 1.35. The van der Waals surface area contributed by atoms with Crippen molar-refractivity contribution < 1.29 is 14.8 Å². The molecule has 2 amide bonds. The maximum atomic E-state index is 11.9. The second-order valence-electron chi connectivity index (χ2n) is 7.90. The lowest BCUT2D eigenvalue weighted by molar-refractivity contribution is -0.134. The van der Waals surface area contributed by atoms with Gasteiger partial charge in [-0.15, -0.1) is 0 Å². The zero-order valence-electron chi connectivity index (χ0n) is 15.1. The molecular weight excluding hydrogens is 332 g/mol. The number of piperidine rings is 1. The number of nitrogens with zero attached hydrogens (tertiary/aromatic N) is 3. The first-order valence-corrected chi connectivity index (χ1v) is 9.48. The second-order valence-corrected chi connectivity index (χ2v) is 7.90. The normalized spacial score (nSPS) is 27.9. The van der Waals surface area contributed by atoms with Gasteiger partial charge < -0.3 is 4.90 Å². The van der Waals surface area contributed by atoms with Crippen LogP contribution in [0.25, 0.3) is 0 Å². The Bertz CT molecular complexity index is 709. The summed E-state index contributed by atoms with van der Waals surface area (Å²) in [5.41, 5.74) is 4.17. The van der Waals surface area contributed by atoms with E-state index in [2.05, 4.69) is 14.8 Å². The first-order valence-electron chi connectivity index (χ1n) is 9.48. The molecule has 7 nitrogen and oxygen atoms in total. The molecule has 140 valence electrons. The molecule has 3 aliphatic rings. The number of pyridine rings is 1. The van der Waals surface area contributed by atoms with Gasteiger partial charge in [0.15, 0.2) is 0 Å². The summed E-state index contributed by atoms with van der Waals surface area (Å²) in [6.07, 6.45) is 6.93. The number of hydrogen-bond acceptors (Lipinski definition) is 5. The van der Waals surface area contributed by atoms with Gasteiger partial charge in [-0.25, -0.2) is 5.48 Å². The Hall–Kier alpha value is -1.99. The summed E-state index contributed by atoms with van der Waals surface area (Å²) in [6, 6.07) is 2.70. The Balaban J connectivity index is 1.38. The van der Waals surface area contributed by atoms with Gasteiger partial charge in [0.1, 0.15) is 0 Å². The minimum absolute atomic E-state index is 0.231. The standard InChI is InChI=1S/C19H26N4O3/c1-12(24)23-16-2-3-17(23)7-13(6-16)10-22-5-4-14-8-15(19(25)21-26)9-20-18(14)11-22/h8-9,13,16-17,26H,2-7,10-11H2,1H3,(H,21,25). The molecule has 2 N–H and O–H groups in total. The third-order valence-corrected chi connectivity index (χ3v) is 6.21. The minimum Gasteiger partial charge on any atom is -0.337 e. The molecule has 7 heteroatoms.